The lowest BCUT2D eigenvalue weighted by atomic mass is 9.90. The Kier molecular flexibility index (Phi) is 36.2. The molecule has 5 aliphatic rings. The molecule has 5 aliphatic heterocycles. The average Bonchev–Trinajstić information content (AvgIpc) is 1.64. The first kappa shape index (κ1) is 95.7. The monoisotopic (exact) mass is 1650 g/mol. The van der Waals surface area contributed by atoms with Gasteiger partial charge in [0.15, 0.2) is 12.1 Å². The number of rotatable bonds is 15. The van der Waals surface area contributed by atoms with Crippen molar-refractivity contribution in [1.29, 1.82) is 0 Å². The minimum absolute atomic E-state index is 0.0341. The smallest absolute Gasteiger partial charge is 0.469 e. The third-order valence-electron chi connectivity index (χ3n) is 16.4. The number of methoxy groups -OCH3 is 4. The van der Waals surface area contributed by atoms with E-state index < -0.39 is 129 Å². The second-order valence-corrected chi connectivity index (χ2v) is 29.6. The molecule has 8 atom stereocenters. The number of halogens is 1. The minimum atomic E-state index is -1.40. The Morgan fingerprint density at radius 2 is 0.817 bits per heavy atom. The van der Waals surface area contributed by atoms with Crippen molar-refractivity contribution >= 4 is 101 Å². The van der Waals surface area contributed by atoms with Gasteiger partial charge in [0.25, 0.3) is 17.1 Å². The van der Waals surface area contributed by atoms with E-state index in [4.69, 9.17) is 73.2 Å². The first-order chi connectivity index (χ1) is 53.7. The molecule has 5 amide bonds. The lowest BCUT2D eigenvalue weighted by molar-refractivity contribution is -0.385. The molecule has 115 heavy (non-hydrogen) atoms. The number of nitro groups is 3. The van der Waals surface area contributed by atoms with Gasteiger partial charge in [-0.05, 0) is 152 Å². The SMILES string of the molecule is COC(=O)C1CCCN[C@H]1COC(=O)Oc1ccc([N+](=O)[O-])cc1.COC(=O)C1[C@H](CO)N(C(=O)OC(C)(C)C)CCN1C(=O)OC(C)(C)C.COC(=O)C1[C@H](COC(=O)Oc2ccc([N+](=O)[O-])cc2)N(C(=O)OC(C)(C)C)CCN1C(=O)OC(C)(C)C.COC(=O)[C@@H]1CCCN2C(=O)OC[C@@H]12.O=C(Cl)Oc1ccc([N+](=O)[O-])cc1. The zero-order valence-electron chi connectivity index (χ0n) is 66.4. The maximum Gasteiger partial charge on any atom is 0.513 e. The fraction of sp³-hybridized carbons (Fsp3) is 0.583. The summed E-state index contributed by atoms with van der Waals surface area (Å²) in [5, 5.41) is 44.5. The Morgan fingerprint density at radius 1 is 0.478 bits per heavy atom. The average molecular weight is 1650 g/mol. The number of fused-ring (bicyclic) bond motifs is 1. The standard InChI is InChI=1S/C24H33N3O11.C17H30N2O7.C15H18N2O7.C9H13NO4.C7H4ClNO4/c1-23(2,3)37-20(29)25-12-13-26(21(30)38-24(4,5)6)18(19(28)34-7)17(25)14-35-22(31)36-16-10-8-15(9-11-16)27(32)33;1-16(2,3)25-14(22)18-8-9-19(15(23)26-17(4,5)6)12(11(18)10-20)13(21)24-7;1-22-14(18)12-3-2-8-16-13(12)9-23-15(19)24-11-6-4-10(5-7-11)17(20)21;1-13-8(11)6-3-2-4-10-7(6)5-14-9(10)12;8-7(10)13-6-3-1-5(2-4-6)9(11)12/h8-11,17-18H,12-14H2,1-7H3;11-12,20H,8-10H2,1-7H3;4-7,12-13,16H,2-3,8-9H2,1H3;6-7H,2-5H2,1H3;1-4H/t17-,18?;11-,12?;12?,13-;6-,7+;/m0001./s1. The van der Waals surface area contributed by atoms with Gasteiger partial charge >= 0.3 is 72.1 Å². The largest absolute Gasteiger partial charge is 0.513 e. The molecule has 0 saturated carbocycles. The molecular formula is C72H98ClN9O33. The van der Waals surface area contributed by atoms with E-state index in [1.807, 2.05) is 0 Å². The number of aliphatic hydroxyl groups excluding tert-OH is 1. The molecule has 42 nitrogen and oxygen atoms in total. The summed E-state index contributed by atoms with van der Waals surface area (Å²) in [5.41, 5.74) is -4.61. The number of benzene rings is 3. The van der Waals surface area contributed by atoms with Gasteiger partial charge in [0.1, 0.15) is 65.5 Å². The van der Waals surface area contributed by atoms with Gasteiger partial charge < -0.3 is 81.6 Å². The van der Waals surface area contributed by atoms with Crippen LogP contribution >= 0.6 is 11.6 Å². The van der Waals surface area contributed by atoms with E-state index in [1.54, 1.807) is 88.0 Å². The second-order valence-electron chi connectivity index (χ2n) is 29.3. The molecular weight excluding hydrogens is 1550 g/mol. The Morgan fingerprint density at radius 3 is 1.18 bits per heavy atom. The zero-order valence-corrected chi connectivity index (χ0v) is 67.2. The molecule has 2 N–H and O–H groups in total. The van der Waals surface area contributed by atoms with Crippen LogP contribution in [0.3, 0.4) is 0 Å². The molecule has 43 heteroatoms. The highest BCUT2D eigenvalue weighted by atomic mass is 35.5. The summed E-state index contributed by atoms with van der Waals surface area (Å²) in [5.74, 6) is -2.52. The van der Waals surface area contributed by atoms with E-state index in [0.717, 1.165) is 49.9 Å². The predicted molar refractivity (Wildman–Crippen MR) is 396 cm³/mol. The van der Waals surface area contributed by atoms with Gasteiger partial charge in [0.05, 0.1) is 79.8 Å². The van der Waals surface area contributed by atoms with E-state index >= 15 is 0 Å². The minimum Gasteiger partial charge on any atom is -0.469 e. The van der Waals surface area contributed by atoms with Crippen molar-refractivity contribution in [3.8, 4) is 17.2 Å². The number of nitrogens with zero attached hydrogens (tertiary/aromatic N) is 8. The number of amides is 5. The van der Waals surface area contributed by atoms with Gasteiger partial charge in [-0.25, -0.2) is 47.9 Å². The highest BCUT2D eigenvalue weighted by Crippen LogP contribution is 2.32. The molecule has 5 fully saturated rings. The van der Waals surface area contributed by atoms with Crippen LogP contribution in [0.4, 0.5) is 55.4 Å². The van der Waals surface area contributed by atoms with E-state index in [-0.39, 0.29) is 109 Å². The van der Waals surface area contributed by atoms with Gasteiger partial charge in [-0.3, -0.25) is 59.5 Å². The molecule has 5 heterocycles. The van der Waals surface area contributed by atoms with Gasteiger partial charge in [-0.1, -0.05) is 0 Å². The van der Waals surface area contributed by atoms with Gasteiger partial charge in [0, 0.05) is 80.7 Å². The van der Waals surface area contributed by atoms with Crippen molar-refractivity contribution in [2.24, 2.45) is 11.8 Å². The highest BCUT2D eigenvalue weighted by molar-refractivity contribution is 6.61. The summed E-state index contributed by atoms with van der Waals surface area (Å²) >= 11 is 4.92. The summed E-state index contributed by atoms with van der Waals surface area (Å²) < 4.78 is 70.2. The molecule has 0 spiro atoms. The van der Waals surface area contributed by atoms with Crippen LogP contribution in [0.15, 0.2) is 72.8 Å². The molecule has 8 rings (SSSR count). The summed E-state index contributed by atoms with van der Waals surface area (Å²) in [6, 6.07) is 9.48. The van der Waals surface area contributed by atoms with Crippen LogP contribution in [-0.2, 0) is 71.3 Å². The number of hydrogen-bond acceptors (Lipinski definition) is 34. The lowest BCUT2D eigenvalue weighted by Gasteiger charge is -2.45. The van der Waals surface area contributed by atoms with Gasteiger partial charge in [-0.2, -0.15) is 0 Å². The van der Waals surface area contributed by atoms with Gasteiger partial charge in [-0.15, -0.1) is 0 Å². The molecule has 0 aromatic heterocycles. The van der Waals surface area contributed by atoms with Crippen LogP contribution in [-0.4, -0.2) is 269 Å². The number of aliphatic hydroxyl groups is 1. The highest BCUT2D eigenvalue weighted by Gasteiger charge is 2.51. The Hall–Kier alpha value is -11.7. The fourth-order valence-corrected chi connectivity index (χ4v) is 11.5. The van der Waals surface area contributed by atoms with E-state index in [0.29, 0.717) is 19.6 Å². The van der Waals surface area contributed by atoms with Gasteiger partial charge in [0.2, 0.25) is 0 Å². The normalized spacial score (nSPS) is 19.7. The molecule has 636 valence electrons. The number of cyclic esters (lactones) is 1. The number of non-ortho nitro benzene ring substituents is 3. The zero-order chi connectivity index (χ0) is 86.6. The number of ether oxygens (including phenoxy) is 14. The van der Waals surface area contributed by atoms with Crippen LogP contribution in [0.25, 0.3) is 0 Å². The third-order valence-corrected chi connectivity index (χ3v) is 16.5. The Balaban J connectivity index is 0.000000318. The molecule has 0 radical (unpaired) electrons. The number of carbonyl (C=O) groups excluding carboxylic acids is 12. The van der Waals surface area contributed by atoms with E-state index in [9.17, 15) is 93.0 Å². The van der Waals surface area contributed by atoms with Crippen LogP contribution < -0.4 is 19.5 Å². The molecule has 3 aromatic carbocycles. The van der Waals surface area contributed by atoms with Crippen LogP contribution in [0.2, 0.25) is 0 Å². The van der Waals surface area contributed by atoms with Crippen LogP contribution in [0.5, 0.6) is 17.2 Å². The fourth-order valence-electron chi connectivity index (χ4n) is 11.4. The quantitative estimate of drug-likeness (QED) is 0.0357. The predicted octanol–water partition coefficient (Wildman–Crippen LogP) is 9.26. The number of carbonyl (C=O) groups is 12. The maximum atomic E-state index is 13.0. The molecule has 0 aliphatic carbocycles. The van der Waals surface area contributed by atoms with Crippen LogP contribution in [0.1, 0.15) is 109 Å². The number of esters is 4. The van der Waals surface area contributed by atoms with Crippen molar-refractivity contribution in [3.63, 3.8) is 0 Å². The first-order valence-corrected chi connectivity index (χ1v) is 35.9. The lowest BCUT2D eigenvalue weighted by Crippen LogP contribution is -2.67. The van der Waals surface area contributed by atoms with E-state index in [1.165, 1.54) is 96.7 Å². The van der Waals surface area contributed by atoms with Crippen molar-refractivity contribution in [1.82, 2.24) is 29.8 Å². The molecule has 3 unspecified atom stereocenters. The number of nitrogens with one attached hydrogen (secondary N) is 1. The number of nitro benzene ring substituents is 3. The summed E-state index contributed by atoms with van der Waals surface area (Å²) in [4.78, 5) is 181. The third kappa shape index (κ3) is 31.0. The summed E-state index contributed by atoms with van der Waals surface area (Å²) in [6.45, 7) is 20.8. The van der Waals surface area contributed by atoms with Crippen LogP contribution in [0, 0.1) is 42.2 Å². The van der Waals surface area contributed by atoms with Crippen molar-refractivity contribution in [2.45, 2.75) is 167 Å². The number of hydrogen-bond donors (Lipinski definition) is 2. The van der Waals surface area contributed by atoms with Crippen molar-refractivity contribution in [2.75, 3.05) is 94.1 Å². The Labute approximate surface area is 665 Å². The molecule has 5 saturated heterocycles. The topological polar surface area (TPSA) is 512 Å². The summed E-state index contributed by atoms with van der Waals surface area (Å²) in [6.07, 6.45) is -2.35. The second kappa shape index (κ2) is 43.5. The first-order valence-electron chi connectivity index (χ1n) is 35.5. The van der Waals surface area contributed by atoms with E-state index in [2.05, 4.69) is 10.1 Å². The molecule has 0 bridgehead atoms. The number of piperidine rings is 2. The number of piperazine rings is 2. The van der Waals surface area contributed by atoms with Crippen molar-refractivity contribution in [3.05, 3.63) is 103 Å². The maximum absolute atomic E-state index is 13.0. The van der Waals surface area contributed by atoms with Crippen molar-refractivity contribution < 1.29 is 144 Å². The Bertz CT molecular complexity index is 3880. The summed E-state index contributed by atoms with van der Waals surface area (Å²) in [7, 11) is 4.98. The molecule has 3 aromatic rings.